The number of aromatic nitrogens is 2. The van der Waals surface area contributed by atoms with Crippen molar-refractivity contribution in [2.24, 2.45) is 0 Å². The zero-order valence-corrected chi connectivity index (χ0v) is 16.7. The van der Waals surface area contributed by atoms with Gasteiger partial charge in [-0.25, -0.2) is 4.98 Å². The number of hydrogen-bond acceptors (Lipinski definition) is 4. The van der Waals surface area contributed by atoms with Crippen LogP contribution in [-0.2, 0) is 11.3 Å². The molecule has 3 aromatic rings. The Morgan fingerprint density at radius 1 is 1.21 bits per heavy atom. The normalized spacial score (nSPS) is 12.3. The monoisotopic (exact) mass is 398 g/mol. The molecule has 2 N–H and O–H groups in total. The zero-order valence-electron chi connectivity index (χ0n) is 15.9. The predicted molar refractivity (Wildman–Crippen MR) is 111 cm³/mol. The smallest absolute Gasteiger partial charge is 0.258 e. The highest BCUT2D eigenvalue weighted by atomic mass is 35.5. The first-order valence-electron chi connectivity index (χ1n) is 9.22. The standard InChI is InChI=1S/C21H23ClN4O2/c1-3-26(12-19-24-18-11-7-5-9-16(18)21(28)25-19)13-20(27)23-14(2)15-8-4-6-10-17(15)22/h4-11,14H,3,12-13H2,1-2H3,(H,23,27)(H,24,25,28). The molecule has 0 spiro atoms. The van der Waals surface area contributed by atoms with Gasteiger partial charge in [-0.2, -0.15) is 0 Å². The number of hydrogen-bond donors (Lipinski definition) is 2. The van der Waals surface area contributed by atoms with Crippen molar-refractivity contribution in [3.8, 4) is 0 Å². The van der Waals surface area contributed by atoms with Gasteiger partial charge < -0.3 is 10.3 Å². The van der Waals surface area contributed by atoms with Crippen LogP contribution in [-0.4, -0.2) is 33.9 Å². The van der Waals surface area contributed by atoms with Gasteiger partial charge in [-0.05, 0) is 37.2 Å². The molecule has 0 aliphatic carbocycles. The quantitative estimate of drug-likeness (QED) is 0.640. The van der Waals surface area contributed by atoms with E-state index in [2.05, 4.69) is 15.3 Å². The lowest BCUT2D eigenvalue weighted by Gasteiger charge is -2.21. The summed E-state index contributed by atoms with van der Waals surface area (Å²) in [6.07, 6.45) is 0. The van der Waals surface area contributed by atoms with E-state index in [1.807, 2.05) is 55.1 Å². The molecule has 3 rings (SSSR count). The van der Waals surface area contributed by atoms with Gasteiger partial charge >= 0.3 is 0 Å². The predicted octanol–water partition coefficient (Wildman–Crippen LogP) is 3.28. The zero-order chi connectivity index (χ0) is 20.1. The van der Waals surface area contributed by atoms with E-state index in [0.717, 1.165) is 5.56 Å². The first-order chi connectivity index (χ1) is 13.5. The topological polar surface area (TPSA) is 78.1 Å². The van der Waals surface area contributed by atoms with Crippen LogP contribution in [0.2, 0.25) is 5.02 Å². The molecule has 0 aliphatic rings. The van der Waals surface area contributed by atoms with E-state index in [1.165, 1.54) is 0 Å². The van der Waals surface area contributed by atoms with E-state index in [0.29, 0.717) is 34.8 Å². The summed E-state index contributed by atoms with van der Waals surface area (Å²) >= 11 is 6.20. The van der Waals surface area contributed by atoms with Gasteiger partial charge in [0, 0.05) is 5.02 Å². The molecule has 28 heavy (non-hydrogen) atoms. The van der Waals surface area contributed by atoms with E-state index in [1.54, 1.807) is 12.1 Å². The lowest BCUT2D eigenvalue weighted by molar-refractivity contribution is -0.123. The first kappa shape index (κ1) is 20.0. The van der Waals surface area contributed by atoms with E-state index in [-0.39, 0.29) is 24.1 Å². The summed E-state index contributed by atoms with van der Waals surface area (Å²) in [4.78, 5) is 33.9. The lowest BCUT2D eigenvalue weighted by atomic mass is 10.1. The van der Waals surface area contributed by atoms with Crippen LogP contribution in [0.3, 0.4) is 0 Å². The number of para-hydroxylation sites is 1. The molecule has 7 heteroatoms. The van der Waals surface area contributed by atoms with Crippen LogP contribution >= 0.6 is 11.6 Å². The second kappa shape index (κ2) is 8.99. The Morgan fingerprint density at radius 2 is 1.93 bits per heavy atom. The Labute approximate surface area is 168 Å². The van der Waals surface area contributed by atoms with E-state index in [4.69, 9.17) is 11.6 Å². The number of halogens is 1. The van der Waals surface area contributed by atoms with E-state index < -0.39 is 0 Å². The van der Waals surface area contributed by atoms with Crippen LogP contribution in [0.4, 0.5) is 0 Å². The van der Waals surface area contributed by atoms with Crippen LogP contribution in [0.25, 0.3) is 10.9 Å². The number of benzene rings is 2. The largest absolute Gasteiger partial charge is 0.348 e. The molecule has 0 bridgehead atoms. The van der Waals surface area contributed by atoms with Crippen molar-refractivity contribution in [2.45, 2.75) is 26.4 Å². The Kier molecular flexibility index (Phi) is 6.44. The van der Waals surface area contributed by atoms with Crippen molar-refractivity contribution in [2.75, 3.05) is 13.1 Å². The summed E-state index contributed by atoms with van der Waals surface area (Å²) in [5, 5.41) is 4.15. The molecular weight excluding hydrogens is 376 g/mol. The van der Waals surface area contributed by atoms with Gasteiger partial charge in [-0.15, -0.1) is 0 Å². The maximum absolute atomic E-state index is 12.5. The minimum absolute atomic E-state index is 0.114. The summed E-state index contributed by atoms with van der Waals surface area (Å²) in [7, 11) is 0. The maximum Gasteiger partial charge on any atom is 0.258 e. The Balaban J connectivity index is 1.66. The minimum atomic E-state index is -0.196. The van der Waals surface area contributed by atoms with Gasteiger partial charge in [0.05, 0.1) is 30.0 Å². The summed E-state index contributed by atoms with van der Waals surface area (Å²) in [5.74, 6) is 0.426. The molecule has 1 aromatic heterocycles. The number of rotatable bonds is 7. The highest BCUT2D eigenvalue weighted by molar-refractivity contribution is 6.31. The fourth-order valence-electron chi connectivity index (χ4n) is 3.10. The molecule has 1 amide bonds. The maximum atomic E-state index is 12.5. The van der Waals surface area contributed by atoms with Crippen LogP contribution < -0.4 is 10.9 Å². The number of H-pyrrole nitrogens is 1. The number of nitrogens with zero attached hydrogens (tertiary/aromatic N) is 2. The average Bonchev–Trinajstić information content (AvgIpc) is 2.67. The van der Waals surface area contributed by atoms with Gasteiger partial charge in [0.2, 0.25) is 5.91 Å². The van der Waals surface area contributed by atoms with Crippen molar-refractivity contribution in [1.82, 2.24) is 20.2 Å². The summed E-state index contributed by atoms with van der Waals surface area (Å²) in [6, 6.07) is 14.5. The highest BCUT2D eigenvalue weighted by Crippen LogP contribution is 2.22. The molecule has 0 aliphatic heterocycles. The SMILES string of the molecule is CCN(CC(=O)NC(C)c1ccccc1Cl)Cc1nc2ccccc2c(=O)[nH]1. The number of likely N-dealkylation sites (N-methyl/N-ethyl adjacent to an activating group) is 1. The summed E-state index contributed by atoms with van der Waals surface area (Å²) < 4.78 is 0. The molecule has 146 valence electrons. The number of fused-ring (bicyclic) bond motifs is 1. The fraction of sp³-hybridized carbons (Fsp3) is 0.286. The van der Waals surface area contributed by atoms with Crippen LogP contribution in [0.1, 0.15) is 31.3 Å². The second-order valence-corrected chi connectivity index (χ2v) is 7.05. The van der Waals surface area contributed by atoms with Crippen molar-refractivity contribution in [3.63, 3.8) is 0 Å². The molecule has 2 aromatic carbocycles. The third-order valence-electron chi connectivity index (χ3n) is 4.60. The summed E-state index contributed by atoms with van der Waals surface area (Å²) in [5.41, 5.74) is 1.35. The van der Waals surface area contributed by atoms with Gasteiger partial charge in [-0.1, -0.05) is 48.9 Å². The van der Waals surface area contributed by atoms with Gasteiger partial charge in [-0.3, -0.25) is 14.5 Å². The molecule has 0 radical (unpaired) electrons. The van der Waals surface area contributed by atoms with Gasteiger partial charge in [0.25, 0.3) is 5.56 Å². The second-order valence-electron chi connectivity index (χ2n) is 6.64. The summed E-state index contributed by atoms with van der Waals surface area (Å²) in [6.45, 7) is 5.08. The molecule has 1 atom stereocenters. The van der Waals surface area contributed by atoms with Crippen molar-refractivity contribution < 1.29 is 4.79 Å². The molecule has 1 unspecified atom stereocenters. The number of aromatic amines is 1. The number of carbonyl (C=O) groups excluding carboxylic acids is 1. The van der Waals surface area contributed by atoms with E-state index >= 15 is 0 Å². The first-order valence-corrected chi connectivity index (χ1v) is 9.59. The van der Waals surface area contributed by atoms with Crippen LogP contribution in [0.15, 0.2) is 53.3 Å². The number of carbonyl (C=O) groups is 1. The van der Waals surface area contributed by atoms with E-state index in [9.17, 15) is 9.59 Å². The minimum Gasteiger partial charge on any atom is -0.348 e. The molecule has 0 saturated carbocycles. The molecular formula is C21H23ClN4O2. The van der Waals surface area contributed by atoms with Crippen LogP contribution in [0, 0.1) is 0 Å². The molecule has 0 fully saturated rings. The van der Waals surface area contributed by atoms with Crippen molar-refractivity contribution >= 4 is 28.4 Å². The highest BCUT2D eigenvalue weighted by Gasteiger charge is 2.16. The Bertz CT molecular complexity index is 1030. The van der Waals surface area contributed by atoms with Crippen molar-refractivity contribution in [1.29, 1.82) is 0 Å². The third kappa shape index (κ3) is 4.77. The molecule has 1 heterocycles. The Hall–Kier alpha value is -2.70. The van der Waals surface area contributed by atoms with Gasteiger partial charge in [0.15, 0.2) is 0 Å². The fourth-order valence-corrected chi connectivity index (χ4v) is 3.39. The third-order valence-corrected chi connectivity index (χ3v) is 4.94. The van der Waals surface area contributed by atoms with Gasteiger partial charge in [0.1, 0.15) is 5.82 Å². The average molecular weight is 399 g/mol. The van der Waals surface area contributed by atoms with Crippen molar-refractivity contribution in [3.05, 3.63) is 75.3 Å². The number of amides is 1. The molecule has 0 saturated heterocycles. The van der Waals surface area contributed by atoms with Crippen LogP contribution in [0.5, 0.6) is 0 Å². The Morgan fingerprint density at radius 3 is 2.68 bits per heavy atom. The molecule has 6 nitrogen and oxygen atoms in total. The lowest BCUT2D eigenvalue weighted by Crippen LogP contribution is -2.38. The number of nitrogens with one attached hydrogen (secondary N) is 2.